The first-order chi connectivity index (χ1) is 5.36. The lowest BCUT2D eigenvalue weighted by atomic mass is 10.3. The fourth-order valence-electron chi connectivity index (χ4n) is 0.969. The molecule has 2 aromatic heterocycles. The molecule has 3 nitrogen and oxygen atoms in total. The summed E-state index contributed by atoms with van der Waals surface area (Å²) in [5.74, 6) is 0. The largest absolute Gasteiger partial charge is 0.397 e. The van der Waals surface area contributed by atoms with Gasteiger partial charge in [-0.05, 0) is 18.2 Å². The van der Waals surface area contributed by atoms with Crippen LogP contribution < -0.4 is 5.73 Å². The second-order valence-electron chi connectivity index (χ2n) is 2.31. The molecule has 0 aliphatic heterocycles. The highest BCUT2D eigenvalue weighted by atomic mass is 35.5. The second kappa shape index (κ2) is 4.84. The monoisotopic (exact) mass is 217 g/mol. The van der Waals surface area contributed by atoms with E-state index in [2.05, 4.69) is 9.97 Å². The van der Waals surface area contributed by atoms with Crippen LogP contribution in [0.4, 0.5) is 5.69 Å². The van der Waals surface area contributed by atoms with Crippen molar-refractivity contribution < 1.29 is 0 Å². The molecule has 13 heavy (non-hydrogen) atoms. The Morgan fingerprint density at radius 2 is 1.85 bits per heavy atom. The van der Waals surface area contributed by atoms with Crippen molar-refractivity contribution >= 4 is 41.5 Å². The fourth-order valence-corrected chi connectivity index (χ4v) is 0.969. The summed E-state index contributed by atoms with van der Waals surface area (Å²) in [4.78, 5) is 8.19. The minimum absolute atomic E-state index is 0. The number of nitrogens with two attached hydrogens (primary N) is 1. The van der Waals surface area contributed by atoms with Crippen LogP contribution in [0.15, 0.2) is 30.6 Å². The van der Waals surface area contributed by atoms with Crippen LogP contribution in [0.3, 0.4) is 0 Å². The predicted molar refractivity (Wildman–Crippen MR) is 58.4 cm³/mol. The van der Waals surface area contributed by atoms with E-state index in [9.17, 15) is 0 Å². The number of anilines is 1. The maximum atomic E-state index is 5.52. The molecular formula is C8H9Cl2N3. The molecule has 0 saturated carbocycles. The van der Waals surface area contributed by atoms with Crippen molar-refractivity contribution in [3.05, 3.63) is 30.6 Å². The van der Waals surface area contributed by atoms with Crippen LogP contribution in [0.1, 0.15) is 0 Å². The lowest BCUT2D eigenvalue weighted by Gasteiger charge is -1.95. The van der Waals surface area contributed by atoms with E-state index in [0.29, 0.717) is 5.69 Å². The van der Waals surface area contributed by atoms with Gasteiger partial charge in [0.25, 0.3) is 0 Å². The summed E-state index contributed by atoms with van der Waals surface area (Å²) in [6.45, 7) is 0. The Balaban J connectivity index is 0.000000720. The second-order valence-corrected chi connectivity index (χ2v) is 2.31. The Morgan fingerprint density at radius 3 is 2.62 bits per heavy atom. The van der Waals surface area contributed by atoms with Gasteiger partial charge in [0.1, 0.15) is 0 Å². The highest BCUT2D eigenvalue weighted by molar-refractivity contribution is 5.85. The third-order valence-electron chi connectivity index (χ3n) is 1.47. The molecule has 0 fully saturated rings. The Kier molecular flexibility index (Phi) is 4.45. The van der Waals surface area contributed by atoms with E-state index in [-0.39, 0.29) is 24.8 Å². The number of nitrogens with zero attached hydrogens (tertiary/aromatic N) is 2. The molecule has 0 amide bonds. The third-order valence-corrected chi connectivity index (χ3v) is 1.47. The molecule has 2 N–H and O–H groups in total. The molecule has 5 heteroatoms. The summed E-state index contributed by atoms with van der Waals surface area (Å²) >= 11 is 0. The van der Waals surface area contributed by atoms with Gasteiger partial charge in [-0.2, -0.15) is 0 Å². The van der Waals surface area contributed by atoms with Gasteiger partial charge in [-0.3, -0.25) is 9.97 Å². The minimum atomic E-state index is 0. The summed E-state index contributed by atoms with van der Waals surface area (Å²) < 4.78 is 0. The third kappa shape index (κ3) is 2.44. The Bertz CT molecular complexity index is 392. The van der Waals surface area contributed by atoms with Gasteiger partial charge in [0.2, 0.25) is 0 Å². The molecule has 70 valence electrons. The summed E-state index contributed by atoms with van der Waals surface area (Å²) in [5, 5.41) is 0. The highest BCUT2D eigenvalue weighted by Crippen LogP contribution is 2.09. The number of rotatable bonds is 0. The molecule has 0 aliphatic carbocycles. The summed E-state index contributed by atoms with van der Waals surface area (Å²) in [6, 6.07) is 5.57. The average Bonchev–Trinajstić information content (AvgIpc) is 2.04. The quantitative estimate of drug-likeness (QED) is 0.736. The maximum absolute atomic E-state index is 5.52. The number of hydrogen-bond acceptors (Lipinski definition) is 3. The van der Waals surface area contributed by atoms with E-state index in [1.165, 1.54) is 0 Å². The SMILES string of the molecule is Cl.Cl.Nc1cnc2cccnc2c1. The lowest BCUT2D eigenvalue weighted by Crippen LogP contribution is -1.87. The van der Waals surface area contributed by atoms with Crippen LogP contribution in [0.25, 0.3) is 11.0 Å². The van der Waals surface area contributed by atoms with Crippen LogP contribution in [0, 0.1) is 0 Å². The summed E-state index contributed by atoms with van der Waals surface area (Å²) in [5.41, 5.74) is 7.89. The first kappa shape index (κ1) is 11.9. The van der Waals surface area contributed by atoms with Gasteiger partial charge in [0.15, 0.2) is 0 Å². The van der Waals surface area contributed by atoms with Gasteiger partial charge < -0.3 is 5.73 Å². The molecule has 2 aromatic rings. The van der Waals surface area contributed by atoms with Gasteiger partial charge in [-0.25, -0.2) is 0 Å². The van der Waals surface area contributed by atoms with Crippen molar-refractivity contribution in [2.75, 3.05) is 5.73 Å². The first-order valence-corrected chi connectivity index (χ1v) is 3.32. The molecule has 2 rings (SSSR count). The molecule has 0 spiro atoms. The van der Waals surface area contributed by atoms with Crippen LogP contribution in [0.2, 0.25) is 0 Å². The number of halogens is 2. The molecule has 2 heterocycles. The maximum Gasteiger partial charge on any atom is 0.0907 e. The molecule has 0 aliphatic rings. The highest BCUT2D eigenvalue weighted by Gasteiger charge is 1.92. The smallest absolute Gasteiger partial charge is 0.0907 e. The van der Waals surface area contributed by atoms with E-state index in [1.54, 1.807) is 12.4 Å². The number of hydrogen-bond donors (Lipinski definition) is 1. The van der Waals surface area contributed by atoms with Crippen LogP contribution >= 0.6 is 24.8 Å². The van der Waals surface area contributed by atoms with Gasteiger partial charge >= 0.3 is 0 Å². The molecule has 0 unspecified atom stereocenters. The standard InChI is InChI=1S/C8H7N3.2ClH/c9-6-4-8-7(11-5-6)2-1-3-10-8;;/h1-5H,9H2;2*1H. The fraction of sp³-hybridized carbons (Fsp3) is 0. The van der Waals surface area contributed by atoms with Gasteiger partial charge in [-0.1, -0.05) is 0 Å². The van der Waals surface area contributed by atoms with E-state index in [0.717, 1.165) is 11.0 Å². The van der Waals surface area contributed by atoms with E-state index in [1.807, 2.05) is 18.2 Å². The van der Waals surface area contributed by atoms with Crippen LogP contribution in [-0.4, -0.2) is 9.97 Å². The Morgan fingerprint density at radius 1 is 1.08 bits per heavy atom. The van der Waals surface area contributed by atoms with Crippen molar-refractivity contribution in [1.29, 1.82) is 0 Å². The van der Waals surface area contributed by atoms with E-state index < -0.39 is 0 Å². The number of pyridine rings is 2. The van der Waals surface area contributed by atoms with Crippen molar-refractivity contribution in [1.82, 2.24) is 9.97 Å². The zero-order chi connectivity index (χ0) is 7.68. The number of fused-ring (bicyclic) bond motifs is 1. The Hall–Kier alpha value is -1.06. The molecule has 0 radical (unpaired) electrons. The predicted octanol–water partition coefficient (Wildman–Crippen LogP) is 2.06. The van der Waals surface area contributed by atoms with E-state index >= 15 is 0 Å². The van der Waals surface area contributed by atoms with E-state index in [4.69, 9.17) is 5.73 Å². The number of nitrogen functional groups attached to an aromatic ring is 1. The summed E-state index contributed by atoms with van der Waals surface area (Å²) in [7, 11) is 0. The molecule has 0 aromatic carbocycles. The van der Waals surface area contributed by atoms with Crippen molar-refractivity contribution in [2.45, 2.75) is 0 Å². The topological polar surface area (TPSA) is 51.8 Å². The molecule has 0 atom stereocenters. The van der Waals surface area contributed by atoms with Gasteiger partial charge in [-0.15, -0.1) is 24.8 Å². The minimum Gasteiger partial charge on any atom is -0.397 e. The molecule has 0 bridgehead atoms. The van der Waals surface area contributed by atoms with Gasteiger partial charge in [0, 0.05) is 6.20 Å². The van der Waals surface area contributed by atoms with Crippen LogP contribution in [0.5, 0.6) is 0 Å². The van der Waals surface area contributed by atoms with Gasteiger partial charge in [0.05, 0.1) is 22.9 Å². The normalized spacial score (nSPS) is 8.62. The van der Waals surface area contributed by atoms with Crippen LogP contribution in [-0.2, 0) is 0 Å². The molecule has 0 saturated heterocycles. The van der Waals surface area contributed by atoms with Crippen molar-refractivity contribution in [3.8, 4) is 0 Å². The average molecular weight is 218 g/mol. The van der Waals surface area contributed by atoms with Crippen molar-refractivity contribution in [3.63, 3.8) is 0 Å². The molecular weight excluding hydrogens is 209 g/mol. The Labute approximate surface area is 88.2 Å². The first-order valence-electron chi connectivity index (χ1n) is 3.32. The lowest BCUT2D eigenvalue weighted by molar-refractivity contribution is 1.34. The van der Waals surface area contributed by atoms with Crippen molar-refractivity contribution in [2.24, 2.45) is 0 Å². The zero-order valence-electron chi connectivity index (χ0n) is 6.68. The zero-order valence-corrected chi connectivity index (χ0v) is 8.31. The summed E-state index contributed by atoms with van der Waals surface area (Å²) in [6.07, 6.45) is 3.35. The number of aromatic nitrogens is 2.